The second-order valence-electron chi connectivity index (χ2n) is 4.89. The van der Waals surface area contributed by atoms with Crippen molar-refractivity contribution in [3.8, 4) is 11.5 Å². The highest BCUT2D eigenvalue weighted by Gasteiger charge is 2.02. The molecule has 0 spiro atoms. The molecule has 0 unspecified atom stereocenters. The normalized spacial score (nSPS) is 10.4. The van der Waals surface area contributed by atoms with Crippen LogP contribution in [0.25, 0.3) is 0 Å². The molecule has 122 valence electrons. The number of nitrogens with zero attached hydrogens (tertiary/aromatic N) is 1. The van der Waals surface area contributed by atoms with Crippen LogP contribution in [0.1, 0.15) is 0 Å². The van der Waals surface area contributed by atoms with E-state index in [4.69, 9.17) is 9.47 Å². The zero-order valence-corrected chi connectivity index (χ0v) is 15.1. The lowest BCUT2D eigenvalue weighted by molar-refractivity contribution is 0.414. The summed E-state index contributed by atoms with van der Waals surface area (Å²) in [5, 5.41) is 0.972. The van der Waals surface area contributed by atoms with Crippen LogP contribution in [0.15, 0.2) is 86.6 Å². The number of hydrogen-bond acceptors (Lipinski definition) is 5. The Morgan fingerprint density at radius 1 is 0.625 bits per heavy atom. The van der Waals surface area contributed by atoms with Crippen molar-refractivity contribution in [3.63, 3.8) is 0 Å². The third kappa shape index (κ3) is 4.46. The molecule has 3 aromatic rings. The van der Waals surface area contributed by atoms with E-state index in [1.54, 1.807) is 37.7 Å². The average molecular weight is 355 g/mol. The highest BCUT2D eigenvalue weighted by molar-refractivity contribution is 7.99. The van der Waals surface area contributed by atoms with E-state index in [-0.39, 0.29) is 0 Å². The van der Waals surface area contributed by atoms with Crippen LogP contribution < -0.4 is 9.47 Å². The second kappa shape index (κ2) is 8.13. The fourth-order valence-corrected chi connectivity index (χ4v) is 3.57. The minimum Gasteiger partial charge on any atom is -0.497 e. The van der Waals surface area contributed by atoms with Crippen LogP contribution in [0.4, 0.5) is 0 Å². The maximum Gasteiger partial charge on any atom is 0.118 e. The quantitative estimate of drug-likeness (QED) is 0.591. The summed E-state index contributed by atoms with van der Waals surface area (Å²) in [6.07, 6.45) is 1.90. The molecule has 0 radical (unpaired) electrons. The predicted molar refractivity (Wildman–Crippen MR) is 98.5 cm³/mol. The molecule has 3 rings (SSSR count). The summed E-state index contributed by atoms with van der Waals surface area (Å²) in [7, 11) is 3.34. The highest BCUT2D eigenvalue weighted by atomic mass is 32.2. The Bertz CT molecular complexity index is 703. The lowest BCUT2D eigenvalue weighted by Gasteiger charge is -2.05. The van der Waals surface area contributed by atoms with Gasteiger partial charge in [-0.3, -0.25) is 0 Å². The molecule has 24 heavy (non-hydrogen) atoms. The van der Waals surface area contributed by atoms with Gasteiger partial charge in [0.05, 0.1) is 14.2 Å². The minimum atomic E-state index is 0.860. The smallest absolute Gasteiger partial charge is 0.118 e. The van der Waals surface area contributed by atoms with Gasteiger partial charge in [-0.1, -0.05) is 23.5 Å². The molecule has 0 aliphatic rings. The number of rotatable bonds is 6. The van der Waals surface area contributed by atoms with Gasteiger partial charge >= 0.3 is 0 Å². The van der Waals surface area contributed by atoms with Gasteiger partial charge in [-0.25, -0.2) is 4.98 Å². The van der Waals surface area contributed by atoms with Crippen LogP contribution in [-0.4, -0.2) is 19.2 Å². The van der Waals surface area contributed by atoms with Crippen molar-refractivity contribution in [1.82, 2.24) is 4.98 Å². The first kappa shape index (κ1) is 16.7. The molecular weight excluding hydrogens is 338 g/mol. The van der Waals surface area contributed by atoms with Gasteiger partial charge in [-0.15, -0.1) is 0 Å². The van der Waals surface area contributed by atoms with Crippen molar-refractivity contribution in [3.05, 3.63) is 66.9 Å². The van der Waals surface area contributed by atoms with Crippen molar-refractivity contribution < 1.29 is 9.47 Å². The summed E-state index contributed by atoms with van der Waals surface area (Å²) in [6, 6.07) is 20.1. The second-order valence-corrected chi connectivity index (χ2v) is 7.13. The lowest BCUT2D eigenvalue weighted by atomic mass is 10.3. The Labute approximate surface area is 150 Å². The number of ether oxygens (including phenoxy) is 2. The van der Waals surface area contributed by atoms with Crippen molar-refractivity contribution in [2.45, 2.75) is 19.7 Å². The predicted octanol–water partition coefficient (Wildman–Crippen LogP) is 5.40. The topological polar surface area (TPSA) is 31.4 Å². The van der Waals surface area contributed by atoms with Gasteiger partial charge in [-0.05, 0) is 60.7 Å². The Balaban J connectivity index is 1.63. The summed E-state index contributed by atoms with van der Waals surface area (Å²) in [5.74, 6) is 1.72. The molecule has 0 saturated heterocycles. The number of methoxy groups -OCH3 is 2. The van der Waals surface area contributed by atoms with Gasteiger partial charge in [0, 0.05) is 20.9 Å². The maximum absolute atomic E-state index is 5.17. The Kier molecular flexibility index (Phi) is 5.67. The summed E-state index contributed by atoms with van der Waals surface area (Å²) in [4.78, 5) is 7.94. The van der Waals surface area contributed by atoms with Crippen LogP contribution >= 0.6 is 23.5 Å². The zero-order chi connectivity index (χ0) is 16.8. The first-order valence-corrected chi connectivity index (χ1v) is 9.00. The van der Waals surface area contributed by atoms with E-state index in [0.29, 0.717) is 0 Å². The van der Waals surface area contributed by atoms with Crippen molar-refractivity contribution >= 4 is 23.5 Å². The van der Waals surface area contributed by atoms with E-state index in [2.05, 4.69) is 11.1 Å². The first-order valence-electron chi connectivity index (χ1n) is 7.37. The molecule has 1 heterocycles. The molecule has 5 heteroatoms. The molecule has 0 bridgehead atoms. The molecule has 0 atom stereocenters. The van der Waals surface area contributed by atoms with Crippen molar-refractivity contribution in [2.24, 2.45) is 0 Å². The maximum atomic E-state index is 5.17. The number of benzene rings is 2. The summed E-state index contributed by atoms with van der Waals surface area (Å²) >= 11 is 3.32. The standard InChI is InChI=1S/C19H17NO2S2/c1-21-14-3-7-16(8-4-14)23-18-11-12-19(20-13-18)24-17-9-5-15(22-2)6-10-17/h3-13H,1-2H3. The molecule has 0 fully saturated rings. The van der Waals surface area contributed by atoms with Crippen LogP contribution in [0.5, 0.6) is 11.5 Å². The molecule has 0 saturated carbocycles. The SMILES string of the molecule is COc1ccc(Sc2ccc(Sc3ccc(OC)cc3)nc2)cc1. The number of aromatic nitrogens is 1. The fourth-order valence-electron chi connectivity index (χ4n) is 2.03. The molecular formula is C19H17NO2S2. The third-order valence-electron chi connectivity index (χ3n) is 3.29. The Hall–Kier alpha value is -2.11. The zero-order valence-electron chi connectivity index (χ0n) is 13.4. The van der Waals surface area contributed by atoms with Gasteiger partial charge in [0.15, 0.2) is 0 Å². The number of pyridine rings is 1. The monoisotopic (exact) mass is 355 g/mol. The summed E-state index contributed by atoms with van der Waals surface area (Å²) < 4.78 is 10.3. The fraction of sp³-hybridized carbons (Fsp3) is 0.105. The Morgan fingerprint density at radius 2 is 1.12 bits per heavy atom. The third-order valence-corrected chi connectivity index (χ3v) is 5.23. The van der Waals surface area contributed by atoms with Crippen LogP contribution in [0, 0.1) is 0 Å². The summed E-state index contributed by atoms with van der Waals surface area (Å²) in [5.41, 5.74) is 0. The van der Waals surface area contributed by atoms with Crippen LogP contribution in [0.3, 0.4) is 0 Å². The minimum absolute atomic E-state index is 0.860. The largest absolute Gasteiger partial charge is 0.497 e. The van der Waals surface area contributed by atoms with E-state index in [1.165, 1.54) is 0 Å². The van der Waals surface area contributed by atoms with Gasteiger partial charge in [0.25, 0.3) is 0 Å². The average Bonchev–Trinajstić information content (AvgIpc) is 2.65. The molecule has 3 nitrogen and oxygen atoms in total. The first-order chi connectivity index (χ1) is 11.8. The number of hydrogen-bond donors (Lipinski definition) is 0. The van der Waals surface area contributed by atoms with Gasteiger partial charge in [0.1, 0.15) is 16.5 Å². The van der Waals surface area contributed by atoms with Crippen molar-refractivity contribution in [1.29, 1.82) is 0 Å². The summed E-state index contributed by atoms with van der Waals surface area (Å²) in [6.45, 7) is 0. The molecule has 1 aromatic heterocycles. The van der Waals surface area contributed by atoms with Gasteiger partial charge in [0.2, 0.25) is 0 Å². The van der Waals surface area contributed by atoms with E-state index in [1.807, 2.05) is 60.8 Å². The molecule has 0 aliphatic heterocycles. The van der Waals surface area contributed by atoms with Crippen molar-refractivity contribution in [2.75, 3.05) is 14.2 Å². The van der Waals surface area contributed by atoms with E-state index >= 15 is 0 Å². The van der Waals surface area contributed by atoms with E-state index in [0.717, 1.165) is 31.2 Å². The van der Waals surface area contributed by atoms with Gasteiger partial charge < -0.3 is 9.47 Å². The van der Waals surface area contributed by atoms with E-state index in [9.17, 15) is 0 Å². The molecule has 0 amide bonds. The Morgan fingerprint density at radius 3 is 1.58 bits per heavy atom. The molecule has 0 N–H and O–H groups in total. The highest BCUT2D eigenvalue weighted by Crippen LogP contribution is 2.31. The molecule has 0 aliphatic carbocycles. The lowest BCUT2D eigenvalue weighted by Crippen LogP contribution is -1.84. The van der Waals surface area contributed by atoms with Crippen LogP contribution in [0.2, 0.25) is 0 Å². The van der Waals surface area contributed by atoms with E-state index < -0.39 is 0 Å². The molecule has 2 aromatic carbocycles. The van der Waals surface area contributed by atoms with Gasteiger partial charge in [-0.2, -0.15) is 0 Å². The van der Waals surface area contributed by atoms with Crippen LogP contribution in [-0.2, 0) is 0 Å².